The highest BCUT2D eigenvalue weighted by Gasteiger charge is 2.24. The van der Waals surface area contributed by atoms with Crippen molar-refractivity contribution < 1.29 is 4.74 Å². The fourth-order valence-corrected chi connectivity index (χ4v) is 4.62. The van der Waals surface area contributed by atoms with E-state index in [-0.39, 0.29) is 11.6 Å². The van der Waals surface area contributed by atoms with Crippen LogP contribution >= 0.6 is 11.3 Å². The molecular weight excluding hydrogens is 312 g/mol. The molecule has 1 aliphatic rings. The molecule has 7 heteroatoms. The second-order valence-corrected chi connectivity index (χ2v) is 6.93. The number of methoxy groups -OCH3 is 1. The lowest BCUT2D eigenvalue weighted by Gasteiger charge is -2.19. The molecule has 1 atom stereocenters. The molecular formula is C16H18N4O2S. The van der Waals surface area contributed by atoms with Gasteiger partial charge in [-0.05, 0) is 30.9 Å². The molecule has 0 bridgehead atoms. The van der Waals surface area contributed by atoms with E-state index in [0.29, 0.717) is 6.61 Å². The standard InChI is InChI=1S/C16H18N4O2S/c1-19-11(6-7-18-19)12(8-22-2)20-9-17-15-14(16(20)21)10-4-3-5-13(10)23-15/h6-7,9,12H,3-5,8H2,1-2H3. The number of aryl methyl sites for hydroxylation is 3. The van der Waals surface area contributed by atoms with E-state index in [1.165, 1.54) is 10.4 Å². The number of rotatable bonds is 4. The molecule has 1 aliphatic carbocycles. The zero-order valence-electron chi connectivity index (χ0n) is 13.2. The van der Waals surface area contributed by atoms with Gasteiger partial charge in [0, 0.05) is 25.2 Å². The first-order chi connectivity index (χ1) is 11.2. The maximum atomic E-state index is 13.1. The third-order valence-electron chi connectivity index (χ3n) is 4.51. The van der Waals surface area contributed by atoms with Gasteiger partial charge < -0.3 is 4.74 Å². The molecule has 4 rings (SSSR count). The maximum absolute atomic E-state index is 13.1. The monoisotopic (exact) mass is 330 g/mol. The van der Waals surface area contributed by atoms with Gasteiger partial charge in [-0.25, -0.2) is 4.98 Å². The predicted molar refractivity (Wildman–Crippen MR) is 89.1 cm³/mol. The van der Waals surface area contributed by atoms with Gasteiger partial charge in [-0.1, -0.05) is 0 Å². The van der Waals surface area contributed by atoms with Crippen molar-refractivity contribution in [3.05, 3.63) is 45.1 Å². The fourth-order valence-electron chi connectivity index (χ4n) is 3.40. The zero-order valence-corrected chi connectivity index (χ0v) is 14.0. The Labute approximate surface area is 137 Å². The van der Waals surface area contributed by atoms with Crippen LogP contribution < -0.4 is 5.56 Å². The molecule has 0 saturated carbocycles. The van der Waals surface area contributed by atoms with Gasteiger partial charge in [-0.15, -0.1) is 11.3 Å². The average Bonchev–Trinajstić information content (AvgIpc) is 3.21. The van der Waals surface area contributed by atoms with Crippen LogP contribution in [0.3, 0.4) is 0 Å². The smallest absolute Gasteiger partial charge is 0.263 e. The van der Waals surface area contributed by atoms with Crippen LogP contribution in [0.15, 0.2) is 23.4 Å². The summed E-state index contributed by atoms with van der Waals surface area (Å²) in [6.07, 6.45) is 6.56. The molecule has 1 unspecified atom stereocenters. The molecule has 0 radical (unpaired) electrons. The van der Waals surface area contributed by atoms with E-state index in [0.717, 1.165) is 35.2 Å². The van der Waals surface area contributed by atoms with Crippen LogP contribution in [0.2, 0.25) is 0 Å². The van der Waals surface area contributed by atoms with Crippen LogP contribution in [0.5, 0.6) is 0 Å². The number of hydrogen-bond donors (Lipinski definition) is 0. The van der Waals surface area contributed by atoms with Gasteiger partial charge in [-0.2, -0.15) is 5.10 Å². The summed E-state index contributed by atoms with van der Waals surface area (Å²) in [7, 11) is 3.51. The van der Waals surface area contributed by atoms with Crippen molar-refractivity contribution in [2.24, 2.45) is 7.05 Å². The van der Waals surface area contributed by atoms with Crippen molar-refractivity contribution in [2.75, 3.05) is 13.7 Å². The Morgan fingerprint density at radius 2 is 2.30 bits per heavy atom. The number of fused-ring (bicyclic) bond motifs is 3. The van der Waals surface area contributed by atoms with Gasteiger partial charge in [0.15, 0.2) is 0 Å². The summed E-state index contributed by atoms with van der Waals surface area (Å²) in [5.74, 6) is 0. The lowest BCUT2D eigenvalue weighted by atomic mass is 10.1. The minimum absolute atomic E-state index is 0.0256. The van der Waals surface area contributed by atoms with Crippen LogP contribution in [-0.4, -0.2) is 33.0 Å². The summed E-state index contributed by atoms with van der Waals surface area (Å²) >= 11 is 1.66. The third kappa shape index (κ3) is 2.22. The molecule has 3 aromatic rings. The average molecular weight is 330 g/mol. The van der Waals surface area contributed by atoms with Gasteiger partial charge in [0.2, 0.25) is 0 Å². The van der Waals surface area contributed by atoms with E-state index in [2.05, 4.69) is 10.1 Å². The largest absolute Gasteiger partial charge is 0.382 e. The molecule has 0 spiro atoms. The molecule has 3 aromatic heterocycles. The number of ether oxygens (including phenoxy) is 1. The summed E-state index contributed by atoms with van der Waals surface area (Å²) < 4.78 is 8.82. The van der Waals surface area contributed by atoms with Crippen molar-refractivity contribution in [1.29, 1.82) is 0 Å². The summed E-state index contributed by atoms with van der Waals surface area (Å²) in [5.41, 5.74) is 2.16. The second kappa shape index (κ2) is 5.58. The van der Waals surface area contributed by atoms with E-state index >= 15 is 0 Å². The van der Waals surface area contributed by atoms with Crippen molar-refractivity contribution in [3.8, 4) is 0 Å². The fraction of sp³-hybridized carbons (Fsp3) is 0.438. The lowest BCUT2D eigenvalue weighted by Crippen LogP contribution is -2.30. The normalized spacial score (nSPS) is 15.2. The molecule has 0 aromatic carbocycles. The molecule has 120 valence electrons. The summed E-state index contributed by atoms with van der Waals surface area (Å²) in [4.78, 5) is 19.8. The Balaban J connectivity index is 1.92. The van der Waals surface area contributed by atoms with E-state index in [9.17, 15) is 4.79 Å². The Morgan fingerprint density at radius 3 is 3.04 bits per heavy atom. The minimum atomic E-state index is -0.228. The Morgan fingerprint density at radius 1 is 1.43 bits per heavy atom. The Hall–Kier alpha value is -1.99. The number of thiophene rings is 1. The molecule has 0 aliphatic heterocycles. The molecule has 0 N–H and O–H groups in total. The van der Waals surface area contributed by atoms with Crippen molar-refractivity contribution in [2.45, 2.75) is 25.3 Å². The molecule has 3 heterocycles. The van der Waals surface area contributed by atoms with Gasteiger partial charge in [0.1, 0.15) is 10.9 Å². The van der Waals surface area contributed by atoms with E-state index < -0.39 is 0 Å². The van der Waals surface area contributed by atoms with Gasteiger partial charge in [0.25, 0.3) is 5.56 Å². The van der Waals surface area contributed by atoms with Crippen LogP contribution in [0.1, 0.15) is 28.6 Å². The van der Waals surface area contributed by atoms with Gasteiger partial charge in [0.05, 0.1) is 24.0 Å². The highest BCUT2D eigenvalue weighted by atomic mass is 32.1. The molecule has 0 amide bonds. The first kappa shape index (κ1) is 14.6. The summed E-state index contributed by atoms with van der Waals surface area (Å²) in [5, 5.41) is 5.01. The van der Waals surface area contributed by atoms with Crippen LogP contribution in [-0.2, 0) is 24.6 Å². The summed E-state index contributed by atoms with van der Waals surface area (Å²) in [6.45, 7) is 0.402. The SMILES string of the molecule is COCC(c1ccnn1C)n1cnc2sc3c(c2c1=O)CCC3. The maximum Gasteiger partial charge on any atom is 0.263 e. The van der Waals surface area contributed by atoms with Gasteiger partial charge in [-0.3, -0.25) is 14.0 Å². The third-order valence-corrected chi connectivity index (χ3v) is 5.71. The molecule has 23 heavy (non-hydrogen) atoms. The van der Waals surface area contributed by atoms with Crippen LogP contribution in [0, 0.1) is 0 Å². The van der Waals surface area contributed by atoms with Gasteiger partial charge >= 0.3 is 0 Å². The van der Waals surface area contributed by atoms with Crippen molar-refractivity contribution in [1.82, 2.24) is 19.3 Å². The highest BCUT2D eigenvalue weighted by molar-refractivity contribution is 7.18. The minimum Gasteiger partial charge on any atom is -0.382 e. The molecule has 0 saturated heterocycles. The topological polar surface area (TPSA) is 61.9 Å². The second-order valence-electron chi connectivity index (χ2n) is 5.85. The van der Waals surface area contributed by atoms with E-state index in [1.807, 2.05) is 13.1 Å². The van der Waals surface area contributed by atoms with E-state index in [4.69, 9.17) is 4.74 Å². The van der Waals surface area contributed by atoms with E-state index in [1.54, 1.807) is 40.2 Å². The Bertz CT molecular complexity index is 924. The highest BCUT2D eigenvalue weighted by Crippen LogP contribution is 2.34. The number of aromatic nitrogens is 4. The first-order valence-corrected chi connectivity index (χ1v) is 8.50. The molecule has 0 fully saturated rings. The predicted octanol–water partition coefficient (Wildman–Crippen LogP) is 1.92. The van der Waals surface area contributed by atoms with Crippen LogP contribution in [0.4, 0.5) is 0 Å². The van der Waals surface area contributed by atoms with Crippen molar-refractivity contribution in [3.63, 3.8) is 0 Å². The summed E-state index contributed by atoms with van der Waals surface area (Å²) in [6, 6.07) is 1.69. The number of hydrogen-bond acceptors (Lipinski definition) is 5. The lowest BCUT2D eigenvalue weighted by molar-refractivity contribution is 0.164. The quantitative estimate of drug-likeness (QED) is 0.733. The van der Waals surface area contributed by atoms with Crippen LogP contribution in [0.25, 0.3) is 10.2 Å². The number of nitrogens with zero attached hydrogens (tertiary/aromatic N) is 4. The first-order valence-electron chi connectivity index (χ1n) is 7.69. The zero-order chi connectivity index (χ0) is 16.0. The molecule has 6 nitrogen and oxygen atoms in total. The Kier molecular flexibility index (Phi) is 3.54. The van der Waals surface area contributed by atoms with Crippen molar-refractivity contribution >= 4 is 21.6 Å².